The standard InChI is InChI=1S/C26H30N4O2S/c1-20-27-23(19-33-20)16-28-11-13-30(14-12-28)26(31)18-29-15-22-9-5-6-10-24(22)32-25(17-29)21-7-3-2-4-8-21/h2-10,19,25H,11-18H2,1H3. The van der Waals surface area contributed by atoms with E-state index < -0.39 is 0 Å². The Balaban J connectivity index is 1.22. The van der Waals surface area contributed by atoms with Crippen LogP contribution >= 0.6 is 11.3 Å². The quantitative estimate of drug-likeness (QED) is 0.578. The zero-order valence-corrected chi connectivity index (χ0v) is 19.8. The molecule has 1 atom stereocenters. The maximum Gasteiger partial charge on any atom is 0.236 e. The molecular formula is C26H30N4O2S. The first-order valence-corrected chi connectivity index (χ1v) is 12.4. The van der Waals surface area contributed by atoms with Crippen LogP contribution in [-0.2, 0) is 17.9 Å². The van der Waals surface area contributed by atoms with Crippen molar-refractivity contribution in [3.63, 3.8) is 0 Å². The normalized spacial score (nSPS) is 19.5. The summed E-state index contributed by atoms with van der Waals surface area (Å²) in [4.78, 5) is 24.4. The van der Waals surface area contributed by atoms with Gasteiger partial charge in [0.05, 0.1) is 17.2 Å². The number of para-hydroxylation sites is 1. The van der Waals surface area contributed by atoms with Gasteiger partial charge in [-0.2, -0.15) is 0 Å². The van der Waals surface area contributed by atoms with Crippen LogP contribution in [0.3, 0.4) is 0 Å². The van der Waals surface area contributed by atoms with E-state index in [-0.39, 0.29) is 12.0 Å². The van der Waals surface area contributed by atoms with Gasteiger partial charge in [0.2, 0.25) is 5.91 Å². The predicted octanol–water partition coefficient (Wildman–Crippen LogP) is 3.73. The number of nitrogens with zero attached hydrogens (tertiary/aromatic N) is 4. The van der Waals surface area contributed by atoms with Crippen LogP contribution in [0.2, 0.25) is 0 Å². The number of benzene rings is 2. The molecule has 0 bridgehead atoms. The summed E-state index contributed by atoms with van der Waals surface area (Å²) in [6, 6.07) is 18.5. The Hall–Kier alpha value is -2.74. The fourth-order valence-corrected chi connectivity index (χ4v) is 5.20. The number of fused-ring (bicyclic) bond motifs is 1. The van der Waals surface area contributed by atoms with E-state index in [2.05, 4.69) is 38.4 Å². The highest BCUT2D eigenvalue weighted by molar-refractivity contribution is 7.09. The van der Waals surface area contributed by atoms with Crippen LogP contribution in [0.15, 0.2) is 60.0 Å². The second kappa shape index (κ2) is 10.0. The Morgan fingerprint density at radius 3 is 2.55 bits per heavy atom. The smallest absolute Gasteiger partial charge is 0.236 e. The van der Waals surface area contributed by atoms with E-state index in [1.54, 1.807) is 11.3 Å². The zero-order chi connectivity index (χ0) is 22.6. The fraction of sp³-hybridized carbons (Fsp3) is 0.385. The molecule has 6 nitrogen and oxygen atoms in total. The van der Waals surface area contributed by atoms with Crippen LogP contribution in [0, 0.1) is 6.92 Å². The van der Waals surface area contributed by atoms with Crippen LogP contribution in [0.1, 0.15) is 27.9 Å². The summed E-state index contributed by atoms with van der Waals surface area (Å²) in [7, 11) is 0. The van der Waals surface area contributed by atoms with Crippen molar-refractivity contribution in [1.82, 2.24) is 19.7 Å². The summed E-state index contributed by atoms with van der Waals surface area (Å²) >= 11 is 1.70. The van der Waals surface area contributed by atoms with E-state index in [0.717, 1.165) is 60.3 Å². The molecule has 0 N–H and O–H groups in total. The first kappa shape index (κ1) is 22.1. The number of amides is 1. The predicted molar refractivity (Wildman–Crippen MR) is 130 cm³/mol. The summed E-state index contributed by atoms with van der Waals surface area (Å²) in [5.41, 5.74) is 3.40. The van der Waals surface area contributed by atoms with E-state index in [0.29, 0.717) is 19.6 Å². The van der Waals surface area contributed by atoms with Gasteiger partial charge in [0.25, 0.3) is 0 Å². The van der Waals surface area contributed by atoms with Gasteiger partial charge in [0, 0.05) is 56.8 Å². The van der Waals surface area contributed by atoms with E-state index in [1.165, 1.54) is 0 Å². The average molecular weight is 463 g/mol. The molecule has 0 spiro atoms. The lowest BCUT2D eigenvalue weighted by molar-refractivity contribution is -0.134. The van der Waals surface area contributed by atoms with Crippen LogP contribution in [0.25, 0.3) is 0 Å². The molecule has 7 heteroatoms. The average Bonchev–Trinajstić information content (AvgIpc) is 3.15. The molecule has 0 aliphatic carbocycles. The molecule has 172 valence electrons. The van der Waals surface area contributed by atoms with Crippen molar-refractivity contribution in [2.24, 2.45) is 0 Å². The topological polar surface area (TPSA) is 48.9 Å². The van der Waals surface area contributed by atoms with Crippen LogP contribution in [-0.4, -0.2) is 64.9 Å². The Morgan fingerprint density at radius 1 is 1.03 bits per heavy atom. The van der Waals surface area contributed by atoms with Gasteiger partial charge < -0.3 is 9.64 Å². The molecular weight excluding hydrogens is 432 g/mol. The molecule has 0 saturated carbocycles. The van der Waals surface area contributed by atoms with E-state index in [1.807, 2.05) is 48.2 Å². The van der Waals surface area contributed by atoms with Crippen LogP contribution in [0.5, 0.6) is 5.75 Å². The van der Waals surface area contributed by atoms with Crippen molar-refractivity contribution in [2.75, 3.05) is 39.3 Å². The van der Waals surface area contributed by atoms with Crippen molar-refractivity contribution >= 4 is 17.2 Å². The number of hydrogen-bond donors (Lipinski definition) is 0. The van der Waals surface area contributed by atoms with Crippen LogP contribution in [0.4, 0.5) is 0 Å². The summed E-state index contributed by atoms with van der Waals surface area (Å²) < 4.78 is 6.39. The monoisotopic (exact) mass is 462 g/mol. The molecule has 33 heavy (non-hydrogen) atoms. The number of thiazole rings is 1. The fourth-order valence-electron chi connectivity index (χ4n) is 4.60. The lowest BCUT2D eigenvalue weighted by Gasteiger charge is -2.35. The number of carbonyl (C=O) groups is 1. The maximum absolute atomic E-state index is 13.2. The number of hydrogen-bond acceptors (Lipinski definition) is 6. The summed E-state index contributed by atoms with van der Waals surface area (Å²) in [5.74, 6) is 1.11. The minimum atomic E-state index is -0.0962. The lowest BCUT2D eigenvalue weighted by atomic mass is 10.1. The van der Waals surface area contributed by atoms with Gasteiger partial charge in [-0.25, -0.2) is 4.98 Å². The van der Waals surface area contributed by atoms with Crippen molar-refractivity contribution in [3.05, 3.63) is 81.8 Å². The third kappa shape index (κ3) is 5.43. The first-order chi connectivity index (χ1) is 16.1. The number of piperazine rings is 1. The van der Waals surface area contributed by atoms with Gasteiger partial charge >= 0.3 is 0 Å². The summed E-state index contributed by atoms with van der Waals surface area (Å²) in [6.45, 7) is 8.04. The minimum absolute atomic E-state index is 0.0962. The Morgan fingerprint density at radius 2 is 1.79 bits per heavy atom. The highest BCUT2D eigenvalue weighted by Gasteiger charge is 2.28. The molecule has 5 rings (SSSR count). The molecule has 0 radical (unpaired) electrons. The van der Waals surface area contributed by atoms with Crippen molar-refractivity contribution in [3.8, 4) is 5.75 Å². The molecule has 3 aromatic rings. The summed E-state index contributed by atoms with van der Waals surface area (Å²) in [6.07, 6.45) is -0.0962. The Bertz CT molecular complexity index is 1080. The lowest BCUT2D eigenvalue weighted by Crippen LogP contribution is -2.51. The van der Waals surface area contributed by atoms with Gasteiger partial charge in [-0.15, -0.1) is 11.3 Å². The summed E-state index contributed by atoms with van der Waals surface area (Å²) in [5, 5.41) is 3.24. The Kier molecular flexibility index (Phi) is 6.71. The molecule has 2 aromatic carbocycles. The largest absolute Gasteiger partial charge is 0.484 e. The third-order valence-electron chi connectivity index (χ3n) is 6.37. The highest BCUT2D eigenvalue weighted by atomic mass is 32.1. The van der Waals surface area contributed by atoms with E-state index >= 15 is 0 Å². The number of aromatic nitrogens is 1. The molecule has 2 aliphatic rings. The molecule has 1 aromatic heterocycles. The van der Waals surface area contributed by atoms with Gasteiger partial charge in [-0.1, -0.05) is 48.5 Å². The number of ether oxygens (including phenoxy) is 1. The number of carbonyl (C=O) groups excluding carboxylic acids is 1. The van der Waals surface area contributed by atoms with Crippen molar-refractivity contribution in [2.45, 2.75) is 26.1 Å². The van der Waals surface area contributed by atoms with Crippen molar-refractivity contribution < 1.29 is 9.53 Å². The molecule has 1 unspecified atom stereocenters. The first-order valence-electron chi connectivity index (χ1n) is 11.6. The molecule has 1 saturated heterocycles. The van der Waals surface area contributed by atoms with Crippen molar-refractivity contribution in [1.29, 1.82) is 0 Å². The molecule has 2 aliphatic heterocycles. The second-order valence-electron chi connectivity index (χ2n) is 8.81. The van der Waals surface area contributed by atoms with Gasteiger partial charge in [0.1, 0.15) is 11.9 Å². The zero-order valence-electron chi connectivity index (χ0n) is 19.0. The Labute approximate surface area is 199 Å². The van der Waals surface area contributed by atoms with Crippen LogP contribution < -0.4 is 4.74 Å². The van der Waals surface area contributed by atoms with E-state index in [4.69, 9.17) is 4.74 Å². The number of aryl methyl sites for hydroxylation is 1. The van der Waals surface area contributed by atoms with E-state index in [9.17, 15) is 4.79 Å². The van der Waals surface area contributed by atoms with Gasteiger partial charge in [-0.3, -0.25) is 14.6 Å². The molecule has 3 heterocycles. The SMILES string of the molecule is Cc1nc(CN2CCN(C(=O)CN3Cc4ccccc4OC(c4ccccc4)C3)CC2)cs1. The highest BCUT2D eigenvalue weighted by Crippen LogP contribution is 2.31. The maximum atomic E-state index is 13.2. The molecule has 1 amide bonds. The van der Waals surface area contributed by atoms with Gasteiger partial charge in [0.15, 0.2) is 0 Å². The number of rotatable bonds is 5. The van der Waals surface area contributed by atoms with Gasteiger partial charge in [-0.05, 0) is 18.6 Å². The second-order valence-corrected chi connectivity index (χ2v) is 9.87. The minimum Gasteiger partial charge on any atom is -0.484 e. The third-order valence-corrected chi connectivity index (χ3v) is 7.19. The molecule has 1 fully saturated rings.